The molecule has 1 aromatic heterocycles. The first kappa shape index (κ1) is 44.2. The minimum atomic E-state index is -2.46. The van der Waals surface area contributed by atoms with Crippen LogP contribution in [0.2, 0.25) is 0 Å². The topological polar surface area (TPSA) is 167 Å². The highest BCUT2D eigenvalue weighted by molar-refractivity contribution is 6.39. The monoisotopic (exact) mass is 786 g/mol. The third-order valence-electron chi connectivity index (χ3n) is 12.8. The molecule has 1 amide bonds. The molecule has 1 aromatic rings. The largest absolute Gasteiger partial charge is 0.456 e. The van der Waals surface area contributed by atoms with Crippen LogP contribution in [-0.4, -0.2) is 114 Å². The zero-order valence-corrected chi connectivity index (χ0v) is 34.9. The normalized spacial score (nSPS) is 39.6. The molecular weight excluding hydrogens is 720 g/mol. The molecule has 0 radical (unpaired) electrons. The molecule has 3 fully saturated rings. The van der Waals surface area contributed by atoms with Crippen molar-refractivity contribution in [1.29, 1.82) is 0 Å². The van der Waals surface area contributed by atoms with Crippen LogP contribution >= 0.6 is 0 Å². The molecule has 4 heterocycles. The average Bonchev–Trinajstić information content (AvgIpc) is 3.68. The van der Waals surface area contributed by atoms with E-state index < -0.39 is 71.8 Å². The van der Waals surface area contributed by atoms with E-state index in [1.807, 2.05) is 19.9 Å². The molecule has 1 saturated carbocycles. The van der Waals surface area contributed by atoms with E-state index in [0.29, 0.717) is 44.3 Å². The highest BCUT2D eigenvalue weighted by atomic mass is 16.7. The number of ketones is 1. The number of aromatic nitrogens is 1. The first-order valence-corrected chi connectivity index (χ1v) is 20.7. The lowest BCUT2D eigenvalue weighted by Crippen LogP contribution is -2.64. The average molecular weight is 787 g/mol. The predicted octanol–water partition coefficient (Wildman–Crippen LogP) is 5.78. The Morgan fingerprint density at radius 3 is 2.38 bits per heavy atom. The first-order valence-electron chi connectivity index (χ1n) is 20.7. The quantitative estimate of drug-likeness (QED) is 0.203. The van der Waals surface area contributed by atoms with Gasteiger partial charge in [-0.1, -0.05) is 50.6 Å². The van der Waals surface area contributed by atoms with Crippen LogP contribution in [0.3, 0.4) is 0 Å². The summed E-state index contributed by atoms with van der Waals surface area (Å²) in [5.41, 5.74) is 2.74. The van der Waals surface area contributed by atoms with Gasteiger partial charge in [-0.3, -0.25) is 9.59 Å². The number of rotatable bonds is 6. The summed E-state index contributed by atoms with van der Waals surface area (Å²) in [6, 6.07) is 0.890. The molecule has 0 unspecified atom stereocenters. The third kappa shape index (κ3) is 9.67. The molecule has 56 heavy (non-hydrogen) atoms. The number of methoxy groups -OCH3 is 3. The SMILES string of the molecule is CC[C@@H]1/C=C(\C)C[C@H](C)C[C@H](OC)[C@H]2O[C@@](O)(C(=O)C(=O)N3CCCC[C@H]3C(=O)O[C@H](/C(C)=C/[C@@H]3CC[C@@H](O)[C@H](OC)C3)[C@H](C)c3cc1no3)[C@H](C)C[C@@H]2OC. The van der Waals surface area contributed by atoms with Crippen molar-refractivity contribution >= 4 is 17.7 Å². The molecule has 3 aliphatic heterocycles. The standard InChI is InChI=1S/C43H66N2O11/c1-10-30-18-24(2)17-25(3)19-36(52-8)39-37(53-9)21-27(5)43(50,55-39)40(47)41(48)45-16-12-11-13-32(45)42(49)54-38(28(6)34-23-31(30)44-56-34)26(4)20-29-14-15-33(46)35(22-29)51-7/h18,20,23,25,27-30,32-33,35-39,46,50H,10-17,19,21-22H2,1-9H3/b24-18+,26-20+/t25-,27+,28+,29-,30+,32-,33+,35+,36-,37-,38+,39+,43+/m0/s1. The van der Waals surface area contributed by atoms with Gasteiger partial charge in [-0.2, -0.15) is 0 Å². The number of aliphatic hydroxyl groups excluding tert-OH is 1. The number of hydrogen-bond acceptors (Lipinski definition) is 12. The van der Waals surface area contributed by atoms with Crippen LogP contribution in [0, 0.1) is 17.8 Å². The number of fused-ring (bicyclic) bond motifs is 5. The Bertz CT molecular complexity index is 1570. The number of carbonyl (C=O) groups is 3. The molecule has 4 aliphatic rings. The lowest BCUT2D eigenvalue weighted by Gasteiger charge is -2.47. The van der Waals surface area contributed by atoms with Gasteiger partial charge in [0.1, 0.15) is 24.0 Å². The van der Waals surface area contributed by atoms with Gasteiger partial charge in [0, 0.05) is 45.8 Å². The maximum absolute atomic E-state index is 14.4. The maximum atomic E-state index is 14.4. The van der Waals surface area contributed by atoms with Crippen molar-refractivity contribution in [3.8, 4) is 0 Å². The summed E-state index contributed by atoms with van der Waals surface area (Å²) in [5, 5.41) is 27.0. The number of allylic oxidation sites excluding steroid dienone is 3. The molecule has 0 aromatic carbocycles. The van der Waals surface area contributed by atoms with Crippen LogP contribution in [0.1, 0.15) is 129 Å². The van der Waals surface area contributed by atoms with Crippen LogP contribution in [0.4, 0.5) is 0 Å². The number of ether oxygens (including phenoxy) is 5. The fraction of sp³-hybridized carbons (Fsp3) is 0.767. The lowest BCUT2D eigenvalue weighted by atomic mass is 9.82. The molecule has 13 atom stereocenters. The van der Waals surface area contributed by atoms with E-state index in [0.717, 1.165) is 36.1 Å². The van der Waals surface area contributed by atoms with Crippen LogP contribution < -0.4 is 0 Å². The zero-order valence-electron chi connectivity index (χ0n) is 34.9. The van der Waals surface area contributed by atoms with E-state index >= 15 is 0 Å². The summed E-state index contributed by atoms with van der Waals surface area (Å²) in [5.74, 6) is -5.70. The van der Waals surface area contributed by atoms with Crippen LogP contribution in [0.5, 0.6) is 0 Å². The van der Waals surface area contributed by atoms with Gasteiger partial charge >= 0.3 is 5.97 Å². The van der Waals surface area contributed by atoms with Crippen molar-refractivity contribution in [2.24, 2.45) is 17.8 Å². The van der Waals surface area contributed by atoms with Crippen molar-refractivity contribution in [1.82, 2.24) is 10.1 Å². The van der Waals surface area contributed by atoms with Gasteiger partial charge < -0.3 is 43.3 Å². The molecule has 314 valence electrons. The smallest absolute Gasteiger partial charge is 0.329 e. The van der Waals surface area contributed by atoms with Crippen molar-refractivity contribution in [3.05, 3.63) is 40.8 Å². The number of amides is 1. The molecule has 2 saturated heterocycles. The zero-order chi connectivity index (χ0) is 40.9. The Hall–Kier alpha value is -2.94. The van der Waals surface area contributed by atoms with E-state index in [9.17, 15) is 24.6 Å². The summed E-state index contributed by atoms with van der Waals surface area (Å²) >= 11 is 0. The number of esters is 1. The van der Waals surface area contributed by atoms with Gasteiger partial charge in [-0.05, 0) is 95.5 Å². The summed E-state index contributed by atoms with van der Waals surface area (Å²) in [6.07, 6.45) is 6.60. The van der Waals surface area contributed by atoms with Crippen LogP contribution in [-0.2, 0) is 38.1 Å². The van der Waals surface area contributed by atoms with Gasteiger partial charge in [0.05, 0.1) is 36.0 Å². The van der Waals surface area contributed by atoms with E-state index in [-0.39, 0.29) is 36.8 Å². The molecule has 1 aliphatic carbocycles. The van der Waals surface area contributed by atoms with E-state index in [1.54, 1.807) is 28.3 Å². The maximum Gasteiger partial charge on any atom is 0.329 e. The molecule has 13 nitrogen and oxygen atoms in total. The molecule has 13 heteroatoms. The number of Topliss-reactive ketones (excluding diaryl/α,β-unsaturated/α-hetero) is 1. The molecule has 0 spiro atoms. The highest BCUT2D eigenvalue weighted by Gasteiger charge is 2.56. The van der Waals surface area contributed by atoms with Gasteiger partial charge in [0.2, 0.25) is 5.79 Å². The van der Waals surface area contributed by atoms with Gasteiger partial charge in [0.25, 0.3) is 11.7 Å². The fourth-order valence-electron chi connectivity index (χ4n) is 9.44. The molecule has 5 rings (SSSR count). The molecule has 2 N–H and O–H groups in total. The third-order valence-corrected chi connectivity index (χ3v) is 12.8. The number of nitrogens with zero attached hydrogens (tertiary/aromatic N) is 2. The van der Waals surface area contributed by atoms with Crippen molar-refractivity contribution in [2.75, 3.05) is 27.9 Å². The Balaban J connectivity index is 1.56. The minimum absolute atomic E-state index is 0.0135. The summed E-state index contributed by atoms with van der Waals surface area (Å²) in [7, 11) is 4.73. The number of cyclic esters (lactones) is 1. The van der Waals surface area contributed by atoms with Gasteiger partial charge in [0.15, 0.2) is 0 Å². The second kappa shape index (κ2) is 19.2. The second-order valence-corrected chi connectivity index (χ2v) is 17.0. The van der Waals surface area contributed by atoms with Gasteiger partial charge in [-0.15, -0.1) is 0 Å². The van der Waals surface area contributed by atoms with Crippen molar-refractivity contribution in [3.63, 3.8) is 0 Å². The van der Waals surface area contributed by atoms with Gasteiger partial charge in [-0.25, -0.2) is 4.79 Å². The minimum Gasteiger partial charge on any atom is -0.456 e. The van der Waals surface area contributed by atoms with Crippen molar-refractivity contribution < 1.29 is 52.8 Å². The van der Waals surface area contributed by atoms with E-state index in [4.69, 9.17) is 28.2 Å². The number of hydrogen-bond donors (Lipinski definition) is 2. The van der Waals surface area contributed by atoms with Crippen LogP contribution in [0.15, 0.2) is 33.9 Å². The first-order chi connectivity index (χ1) is 26.6. The number of piperidine rings is 1. The number of aliphatic hydroxyl groups is 2. The van der Waals surface area contributed by atoms with Crippen molar-refractivity contribution in [2.45, 2.75) is 166 Å². The lowest BCUT2D eigenvalue weighted by molar-refractivity contribution is -0.302. The molecular formula is C43H66N2O11. The number of carbonyl (C=O) groups excluding carboxylic acids is 3. The Morgan fingerprint density at radius 2 is 1.70 bits per heavy atom. The van der Waals surface area contributed by atoms with E-state index in [1.165, 1.54) is 4.90 Å². The predicted molar refractivity (Wildman–Crippen MR) is 207 cm³/mol. The summed E-state index contributed by atoms with van der Waals surface area (Å²) in [6.45, 7) is 12.0. The Labute approximate surface area is 332 Å². The Kier molecular flexibility index (Phi) is 15.1. The molecule has 4 bridgehead atoms. The summed E-state index contributed by atoms with van der Waals surface area (Å²) < 4.78 is 36.1. The summed E-state index contributed by atoms with van der Waals surface area (Å²) in [4.78, 5) is 44.1. The Morgan fingerprint density at radius 1 is 1.00 bits per heavy atom. The second-order valence-electron chi connectivity index (χ2n) is 17.0. The van der Waals surface area contributed by atoms with Crippen LogP contribution in [0.25, 0.3) is 0 Å². The van der Waals surface area contributed by atoms with E-state index in [2.05, 4.69) is 38.1 Å². The highest BCUT2D eigenvalue weighted by Crippen LogP contribution is 2.40. The fourth-order valence-corrected chi connectivity index (χ4v) is 9.44.